The summed E-state index contributed by atoms with van der Waals surface area (Å²) in [7, 11) is 1.62. The molecule has 0 bridgehead atoms. The molecule has 82 valence electrons. The fraction of sp³-hybridized carbons (Fsp3) is 0.455. The number of hydrogen-bond acceptors (Lipinski definition) is 2. The Kier molecular flexibility index (Phi) is 4.09. The maximum absolute atomic E-state index is 11.2. The molecule has 0 aliphatic rings. The van der Waals surface area contributed by atoms with Gasteiger partial charge in [0.05, 0.1) is 5.69 Å². The summed E-state index contributed by atoms with van der Waals surface area (Å²) in [6, 6.07) is 3.64. The fourth-order valence-corrected chi connectivity index (χ4v) is 1.46. The summed E-state index contributed by atoms with van der Waals surface area (Å²) < 4.78 is 1.88. The van der Waals surface area contributed by atoms with Crippen molar-refractivity contribution in [1.29, 1.82) is 0 Å². The van der Waals surface area contributed by atoms with Gasteiger partial charge in [0.25, 0.3) is 0 Å². The number of hydrogen-bond donors (Lipinski definition) is 1. The summed E-state index contributed by atoms with van der Waals surface area (Å²) in [5, 5.41) is 2.57. The van der Waals surface area contributed by atoms with Crippen LogP contribution in [0.15, 0.2) is 18.3 Å². The van der Waals surface area contributed by atoms with Crippen molar-refractivity contribution in [3.8, 4) is 0 Å². The Morgan fingerprint density at radius 3 is 2.80 bits per heavy atom. The Labute approximate surface area is 89.3 Å². The zero-order valence-electron chi connectivity index (χ0n) is 9.12. The summed E-state index contributed by atoms with van der Waals surface area (Å²) in [6.45, 7) is 2.25. The summed E-state index contributed by atoms with van der Waals surface area (Å²) in [4.78, 5) is 22.2. The average molecular weight is 208 g/mol. The van der Waals surface area contributed by atoms with Gasteiger partial charge in [-0.05, 0) is 18.6 Å². The summed E-state index contributed by atoms with van der Waals surface area (Å²) in [5.74, 6) is 0.0893. The van der Waals surface area contributed by atoms with Gasteiger partial charge in [-0.15, -0.1) is 0 Å². The Bertz CT molecular complexity index is 355. The van der Waals surface area contributed by atoms with Gasteiger partial charge < -0.3 is 9.88 Å². The highest BCUT2D eigenvalue weighted by atomic mass is 16.1. The van der Waals surface area contributed by atoms with Crippen molar-refractivity contribution in [3.63, 3.8) is 0 Å². The third kappa shape index (κ3) is 3.23. The molecule has 0 saturated carbocycles. The van der Waals surface area contributed by atoms with Gasteiger partial charge in [-0.2, -0.15) is 0 Å². The number of rotatable bonds is 5. The first-order chi connectivity index (χ1) is 7.15. The molecule has 0 aliphatic heterocycles. The lowest BCUT2D eigenvalue weighted by atomic mass is 10.2. The van der Waals surface area contributed by atoms with Crippen molar-refractivity contribution >= 4 is 11.7 Å². The molecule has 1 aromatic rings. The van der Waals surface area contributed by atoms with E-state index in [0.717, 1.165) is 6.42 Å². The molecular weight excluding hydrogens is 192 g/mol. The summed E-state index contributed by atoms with van der Waals surface area (Å²) in [6.07, 6.45) is 3.10. The van der Waals surface area contributed by atoms with E-state index in [9.17, 15) is 9.59 Å². The van der Waals surface area contributed by atoms with E-state index in [1.807, 2.05) is 16.8 Å². The molecule has 1 aromatic heterocycles. The van der Waals surface area contributed by atoms with Crippen molar-refractivity contribution in [2.75, 3.05) is 7.05 Å². The van der Waals surface area contributed by atoms with Crippen LogP contribution in [-0.2, 0) is 11.3 Å². The van der Waals surface area contributed by atoms with E-state index in [0.29, 0.717) is 18.7 Å². The van der Waals surface area contributed by atoms with E-state index < -0.39 is 0 Å². The van der Waals surface area contributed by atoms with Crippen LogP contribution in [-0.4, -0.2) is 23.3 Å². The second-order valence-corrected chi connectivity index (χ2v) is 3.42. The Morgan fingerprint density at radius 1 is 1.47 bits per heavy atom. The molecule has 1 heterocycles. The smallest absolute Gasteiger partial charge is 0.219 e. The van der Waals surface area contributed by atoms with E-state index in [-0.39, 0.29) is 11.7 Å². The van der Waals surface area contributed by atoms with E-state index in [4.69, 9.17) is 0 Å². The lowest BCUT2D eigenvalue weighted by molar-refractivity contribution is -0.120. The van der Waals surface area contributed by atoms with E-state index in [1.165, 1.54) is 0 Å². The van der Waals surface area contributed by atoms with Crippen LogP contribution in [0.5, 0.6) is 0 Å². The first kappa shape index (κ1) is 11.5. The average Bonchev–Trinajstić information content (AvgIpc) is 2.65. The van der Waals surface area contributed by atoms with Gasteiger partial charge in [-0.1, -0.05) is 0 Å². The van der Waals surface area contributed by atoms with Gasteiger partial charge >= 0.3 is 0 Å². The number of aryl methyl sites for hydroxylation is 1. The summed E-state index contributed by atoms with van der Waals surface area (Å²) in [5.41, 5.74) is 0.701. The zero-order chi connectivity index (χ0) is 11.3. The maximum Gasteiger partial charge on any atom is 0.219 e. The molecular formula is C11H16N2O2. The number of aromatic nitrogens is 1. The molecule has 4 heteroatoms. The number of nitrogens with zero attached hydrogens (tertiary/aromatic N) is 1. The molecule has 0 unspecified atom stereocenters. The predicted octanol–water partition coefficient (Wildman–Crippen LogP) is 1.22. The van der Waals surface area contributed by atoms with Crippen LogP contribution in [0.25, 0.3) is 0 Å². The van der Waals surface area contributed by atoms with Gasteiger partial charge in [-0.3, -0.25) is 9.59 Å². The number of amides is 1. The van der Waals surface area contributed by atoms with Gasteiger partial charge in [-0.25, -0.2) is 0 Å². The van der Waals surface area contributed by atoms with E-state index in [1.54, 1.807) is 20.0 Å². The highest BCUT2D eigenvalue weighted by molar-refractivity contribution is 5.92. The number of carbonyl (C=O) groups excluding carboxylic acids is 2. The van der Waals surface area contributed by atoms with Crippen molar-refractivity contribution in [1.82, 2.24) is 9.88 Å². The standard InChI is InChI=1S/C11H16N2O2/c1-9(14)10-5-3-7-13(10)8-4-6-11(15)12-2/h3,5,7H,4,6,8H2,1-2H3,(H,12,15). The number of ketones is 1. The molecule has 15 heavy (non-hydrogen) atoms. The first-order valence-corrected chi connectivity index (χ1v) is 5.02. The fourth-order valence-electron chi connectivity index (χ4n) is 1.46. The van der Waals surface area contributed by atoms with E-state index >= 15 is 0 Å². The van der Waals surface area contributed by atoms with Crippen LogP contribution in [0.1, 0.15) is 30.3 Å². The van der Waals surface area contributed by atoms with Crippen LogP contribution in [0.3, 0.4) is 0 Å². The zero-order valence-corrected chi connectivity index (χ0v) is 9.12. The monoisotopic (exact) mass is 208 g/mol. The number of nitrogens with one attached hydrogen (secondary N) is 1. The second-order valence-electron chi connectivity index (χ2n) is 3.42. The third-order valence-corrected chi connectivity index (χ3v) is 2.27. The van der Waals surface area contributed by atoms with Crippen LogP contribution >= 0.6 is 0 Å². The molecule has 0 saturated heterocycles. The first-order valence-electron chi connectivity index (χ1n) is 5.02. The lowest BCUT2D eigenvalue weighted by Gasteiger charge is -2.06. The molecule has 0 aliphatic carbocycles. The summed E-state index contributed by atoms with van der Waals surface area (Å²) >= 11 is 0. The number of carbonyl (C=O) groups is 2. The SMILES string of the molecule is CNC(=O)CCCn1cccc1C(C)=O. The topological polar surface area (TPSA) is 51.1 Å². The van der Waals surface area contributed by atoms with Crippen molar-refractivity contribution in [2.24, 2.45) is 0 Å². The molecule has 0 radical (unpaired) electrons. The van der Waals surface area contributed by atoms with Crippen molar-refractivity contribution in [3.05, 3.63) is 24.0 Å². The second kappa shape index (κ2) is 5.34. The van der Waals surface area contributed by atoms with Crippen LogP contribution in [0, 0.1) is 0 Å². The normalized spacial score (nSPS) is 10.0. The molecule has 0 spiro atoms. The van der Waals surface area contributed by atoms with Crippen LogP contribution in [0.2, 0.25) is 0 Å². The van der Waals surface area contributed by atoms with Crippen LogP contribution in [0.4, 0.5) is 0 Å². The van der Waals surface area contributed by atoms with Crippen LogP contribution < -0.4 is 5.32 Å². The minimum Gasteiger partial charge on any atom is -0.359 e. The molecule has 1 rings (SSSR count). The Hall–Kier alpha value is -1.58. The van der Waals surface area contributed by atoms with Crippen molar-refractivity contribution < 1.29 is 9.59 Å². The quantitative estimate of drug-likeness (QED) is 0.739. The lowest BCUT2D eigenvalue weighted by Crippen LogP contribution is -2.18. The molecule has 0 atom stereocenters. The van der Waals surface area contributed by atoms with Gasteiger partial charge in [0.2, 0.25) is 5.91 Å². The third-order valence-electron chi connectivity index (χ3n) is 2.27. The molecule has 0 fully saturated rings. The number of Topliss-reactive ketones (excluding diaryl/α,β-unsaturated/α-hetero) is 1. The maximum atomic E-state index is 11.2. The molecule has 1 amide bonds. The highest BCUT2D eigenvalue weighted by Gasteiger charge is 2.05. The Balaban J connectivity index is 2.47. The molecule has 4 nitrogen and oxygen atoms in total. The van der Waals surface area contributed by atoms with Gasteiger partial charge in [0.1, 0.15) is 0 Å². The van der Waals surface area contributed by atoms with Gasteiger partial charge in [0, 0.05) is 33.1 Å². The largest absolute Gasteiger partial charge is 0.359 e. The Morgan fingerprint density at radius 2 is 2.20 bits per heavy atom. The molecule has 1 N–H and O–H groups in total. The van der Waals surface area contributed by atoms with E-state index in [2.05, 4.69) is 5.32 Å². The molecule has 0 aromatic carbocycles. The highest BCUT2D eigenvalue weighted by Crippen LogP contribution is 2.05. The predicted molar refractivity (Wildman–Crippen MR) is 57.7 cm³/mol. The minimum absolute atomic E-state index is 0.0338. The minimum atomic E-state index is 0.0338. The van der Waals surface area contributed by atoms with Crippen molar-refractivity contribution in [2.45, 2.75) is 26.3 Å². The van der Waals surface area contributed by atoms with Gasteiger partial charge in [0.15, 0.2) is 5.78 Å².